The van der Waals surface area contributed by atoms with Crippen molar-refractivity contribution in [3.05, 3.63) is 53.4 Å². The average Bonchev–Trinajstić information content (AvgIpc) is 3.12. The van der Waals surface area contributed by atoms with E-state index in [1.165, 1.54) is 0 Å². The lowest BCUT2D eigenvalue weighted by Crippen LogP contribution is -2.50. The van der Waals surface area contributed by atoms with Gasteiger partial charge in [-0.05, 0) is 40.2 Å². The van der Waals surface area contributed by atoms with Crippen molar-refractivity contribution >= 4 is 38.8 Å². The van der Waals surface area contributed by atoms with Crippen molar-refractivity contribution in [2.75, 3.05) is 38.0 Å². The number of halogens is 1. The molecule has 3 heterocycles. The maximum atomic E-state index is 12.5. The van der Waals surface area contributed by atoms with Gasteiger partial charge in [0.05, 0.1) is 12.0 Å². The number of pyridine rings is 1. The van der Waals surface area contributed by atoms with Crippen LogP contribution >= 0.6 is 15.9 Å². The molecule has 140 valence electrons. The van der Waals surface area contributed by atoms with Crippen LogP contribution < -0.4 is 5.32 Å². The molecule has 0 bridgehead atoms. The molecule has 8 heteroatoms. The molecular formula is C19H21BrN6O. The van der Waals surface area contributed by atoms with E-state index in [1.54, 1.807) is 6.20 Å². The fourth-order valence-electron chi connectivity index (χ4n) is 3.24. The highest BCUT2D eigenvalue weighted by Crippen LogP contribution is 2.21. The number of benzene rings is 1. The van der Waals surface area contributed by atoms with E-state index in [-0.39, 0.29) is 6.03 Å². The van der Waals surface area contributed by atoms with Gasteiger partial charge >= 0.3 is 6.03 Å². The van der Waals surface area contributed by atoms with Crippen LogP contribution in [0.3, 0.4) is 0 Å². The quantitative estimate of drug-likeness (QED) is 0.693. The van der Waals surface area contributed by atoms with Gasteiger partial charge in [-0.2, -0.15) is 0 Å². The van der Waals surface area contributed by atoms with E-state index >= 15 is 0 Å². The molecule has 1 N–H and O–H groups in total. The normalized spacial score (nSPS) is 15.2. The maximum absolute atomic E-state index is 12.5. The zero-order valence-corrected chi connectivity index (χ0v) is 16.5. The number of amides is 2. The molecular weight excluding hydrogens is 408 g/mol. The minimum absolute atomic E-state index is 0.0497. The SMILES string of the molecule is O=C(Nc1ccccc1Br)N1CCN(CCn2cnc3cccnc32)CC1. The third kappa shape index (κ3) is 4.12. The number of carbonyl (C=O) groups excluding carboxylic acids is 1. The van der Waals surface area contributed by atoms with Crippen molar-refractivity contribution in [3.8, 4) is 0 Å². The van der Waals surface area contributed by atoms with Gasteiger partial charge < -0.3 is 14.8 Å². The lowest BCUT2D eigenvalue weighted by molar-refractivity contribution is 0.144. The first-order valence-electron chi connectivity index (χ1n) is 8.99. The minimum Gasteiger partial charge on any atom is -0.322 e. The third-order valence-electron chi connectivity index (χ3n) is 4.81. The Hall–Kier alpha value is -2.45. The molecule has 2 amide bonds. The predicted octanol–water partition coefficient (Wildman–Crippen LogP) is 3.04. The number of fused-ring (bicyclic) bond motifs is 1. The summed E-state index contributed by atoms with van der Waals surface area (Å²) in [6.07, 6.45) is 3.64. The first-order valence-corrected chi connectivity index (χ1v) is 9.79. The third-order valence-corrected chi connectivity index (χ3v) is 5.50. The van der Waals surface area contributed by atoms with E-state index in [4.69, 9.17) is 0 Å². The Balaban J connectivity index is 1.27. The smallest absolute Gasteiger partial charge is 0.321 e. The van der Waals surface area contributed by atoms with E-state index < -0.39 is 0 Å². The summed E-state index contributed by atoms with van der Waals surface area (Å²) in [5.74, 6) is 0. The molecule has 1 saturated heterocycles. The molecule has 2 aromatic heterocycles. The zero-order chi connectivity index (χ0) is 18.6. The Kier molecular flexibility index (Phi) is 5.35. The summed E-state index contributed by atoms with van der Waals surface area (Å²) in [5.41, 5.74) is 2.64. The van der Waals surface area contributed by atoms with E-state index in [0.717, 1.165) is 60.6 Å². The molecule has 3 aromatic rings. The zero-order valence-electron chi connectivity index (χ0n) is 14.9. The lowest BCUT2D eigenvalue weighted by atomic mass is 10.3. The molecule has 0 unspecified atom stereocenters. The predicted molar refractivity (Wildman–Crippen MR) is 109 cm³/mol. The van der Waals surface area contributed by atoms with E-state index in [2.05, 4.69) is 40.7 Å². The minimum atomic E-state index is -0.0497. The maximum Gasteiger partial charge on any atom is 0.321 e. The fraction of sp³-hybridized carbons (Fsp3) is 0.316. The number of aromatic nitrogens is 3. The molecule has 0 saturated carbocycles. The highest BCUT2D eigenvalue weighted by atomic mass is 79.9. The summed E-state index contributed by atoms with van der Waals surface area (Å²) in [7, 11) is 0. The number of para-hydroxylation sites is 1. The second-order valence-electron chi connectivity index (χ2n) is 6.52. The van der Waals surface area contributed by atoms with Crippen LogP contribution in [0.2, 0.25) is 0 Å². The van der Waals surface area contributed by atoms with Crippen LogP contribution in [0.4, 0.5) is 10.5 Å². The largest absolute Gasteiger partial charge is 0.322 e. The van der Waals surface area contributed by atoms with Gasteiger partial charge in [0.2, 0.25) is 0 Å². The summed E-state index contributed by atoms with van der Waals surface area (Å²) >= 11 is 3.46. The summed E-state index contributed by atoms with van der Waals surface area (Å²) in [6, 6.07) is 11.5. The van der Waals surface area contributed by atoms with Gasteiger partial charge in [-0.25, -0.2) is 14.8 Å². The number of nitrogens with zero attached hydrogens (tertiary/aromatic N) is 5. The number of carbonyl (C=O) groups is 1. The van der Waals surface area contributed by atoms with Gasteiger partial charge in [0.1, 0.15) is 5.52 Å². The number of urea groups is 1. The van der Waals surface area contributed by atoms with Crippen molar-refractivity contribution in [3.63, 3.8) is 0 Å². The standard InChI is InChI=1S/C19H21BrN6O/c20-15-4-1-2-5-16(15)23-19(27)25-11-8-24(9-12-25)10-13-26-14-22-17-6-3-7-21-18(17)26/h1-7,14H,8-13H2,(H,23,27). The van der Waals surface area contributed by atoms with Gasteiger partial charge in [-0.3, -0.25) is 4.90 Å². The molecule has 1 aromatic carbocycles. The number of rotatable bonds is 4. The van der Waals surface area contributed by atoms with Crippen LogP contribution in [0.5, 0.6) is 0 Å². The van der Waals surface area contributed by atoms with Crippen molar-refractivity contribution in [1.29, 1.82) is 0 Å². The van der Waals surface area contributed by atoms with Crippen molar-refractivity contribution in [2.24, 2.45) is 0 Å². The van der Waals surface area contributed by atoms with E-state index in [1.807, 2.05) is 47.6 Å². The van der Waals surface area contributed by atoms with Crippen molar-refractivity contribution in [2.45, 2.75) is 6.54 Å². The van der Waals surface area contributed by atoms with Gasteiger partial charge in [0.25, 0.3) is 0 Å². The van der Waals surface area contributed by atoms with Crippen LogP contribution in [0.25, 0.3) is 11.2 Å². The summed E-state index contributed by atoms with van der Waals surface area (Å²) < 4.78 is 2.97. The molecule has 27 heavy (non-hydrogen) atoms. The highest BCUT2D eigenvalue weighted by Gasteiger charge is 2.21. The Bertz CT molecular complexity index is 935. The van der Waals surface area contributed by atoms with E-state index in [0.29, 0.717) is 0 Å². The second kappa shape index (κ2) is 8.06. The van der Waals surface area contributed by atoms with Gasteiger partial charge in [0.15, 0.2) is 5.65 Å². The van der Waals surface area contributed by atoms with Crippen molar-refractivity contribution < 1.29 is 4.79 Å². The summed E-state index contributed by atoms with van der Waals surface area (Å²) in [4.78, 5) is 25.5. The molecule has 1 fully saturated rings. The topological polar surface area (TPSA) is 66.3 Å². The summed E-state index contributed by atoms with van der Waals surface area (Å²) in [6.45, 7) is 4.93. The Morgan fingerprint density at radius 1 is 1.04 bits per heavy atom. The molecule has 0 spiro atoms. The lowest BCUT2D eigenvalue weighted by Gasteiger charge is -2.34. The number of piperazine rings is 1. The number of anilines is 1. The number of hydrogen-bond donors (Lipinski definition) is 1. The molecule has 1 aliphatic heterocycles. The Labute approximate surface area is 166 Å². The fourth-order valence-corrected chi connectivity index (χ4v) is 3.63. The molecule has 0 atom stereocenters. The second-order valence-corrected chi connectivity index (χ2v) is 7.38. The van der Waals surface area contributed by atoms with Crippen molar-refractivity contribution in [1.82, 2.24) is 24.3 Å². The molecule has 7 nitrogen and oxygen atoms in total. The van der Waals surface area contributed by atoms with Gasteiger partial charge in [0, 0.05) is 49.9 Å². The van der Waals surface area contributed by atoms with Crippen LogP contribution in [-0.4, -0.2) is 63.1 Å². The van der Waals surface area contributed by atoms with Crippen LogP contribution in [0.15, 0.2) is 53.4 Å². The van der Waals surface area contributed by atoms with Crippen LogP contribution in [0, 0.1) is 0 Å². The molecule has 0 radical (unpaired) electrons. The van der Waals surface area contributed by atoms with Crippen LogP contribution in [-0.2, 0) is 6.54 Å². The number of imidazole rings is 1. The van der Waals surface area contributed by atoms with E-state index in [9.17, 15) is 4.79 Å². The van der Waals surface area contributed by atoms with Gasteiger partial charge in [-0.1, -0.05) is 12.1 Å². The van der Waals surface area contributed by atoms with Crippen LogP contribution in [0.1, 0.15) is 0 Å². The monoisotopic (exact) mass is 428 g/mol. The molecule has 1 aliphatic rings. The average molecular weight is 429 g/mol. The first-order chi connectivity index (χ1) is 13.2. The molecule has 0 aliphatic carbocycles. The first kappa shape index (κ1) is 17.9. The number of hydrogen-bond acceptors (Lipinski definition) is 4. The van der Waals surface area contributed by atoms with Gasteiger partial charge in [-0.15, -0.1) is 0 Å². The Morgan fingerprint density at radius 3 is 2.67 bits per heavy atom. The molecule has 4 rings (SSSR count). The number of nitrogens with one attached hydrogen (secondary N) is 1. The highest BCUT2D eigenvalue weighted by molar-refractivity contribution is 9.10. The Morgan fingerprint density at radius 2 is 1.85 bits per heavy atom. The summed E-state index contributed by atoms with van der Waals surface area (Å²) in [5, 5.41) is 2.97.